The minimum absolute atomic E-state index is 0.151. The highest BCUT2D eigenvalue weighted by Gasteiger charge is 2.50. The van der Waals surface area contributed by atoms with Gasteiger partial charge in [0.15, 0.2) is 5.72 Å². The summed E-state index contributed by atoms with van der Waals surface area (Å²) in [6.45, 7) is 2.71. The third-order valence-electron chi connectivity index (χ3n) is 4.28. The van der Waals surface area contributed by atoms with Crippen molar-refractivity contribution < 1.29 is 5.11 Å². The summed E-state index contributed by atoms with van der Waals surface area (Å²) in [7, 11) is 0. The minimum atomic E-state index is -1.26. The molecule has 0 fully saturated rings. The van der Waals surface area contributed by atoms with Gasteiger partial charge < -0.3 is 10.0 Å². The number of amidine groups is 1. The van der Waals surface area contributed by atoms with Gasteiger partial charge in [-0.25, -0.2) is 0 Å². The first-order valence-electron chi connectivity index (χ1n) is 7.14. The van der Waals surface area contributed by atoms with Crippen molar-refractivity contribution >= 4 is 29.0 Å². The van der Waals surface area contributed by atoms with Crippen LogP contribution in [0.3, 0.4) is 0 Å². The van der Waals surface area contributed by atoms with Crippen LogP contribution >= 0.6 is 23.2 Å². The molecule has 2 atom stereocenters. The predicted molar refractivity (Wildman–Crippen MR) is 88.6 cm³/mol. The van der Waals surface area contributed by atoms with E-state index in [0.29, 0.717) is 16.6 Å². The summed E-state index contributed by atoms with van der Waals surface area (Å²) in [5.41, 5.74) is 1.22. The van der Waals surface area contributed by atoms with Gasteiger partial charge in [0.05, 0.1) is 6.04 Å². The van der Waals surface area contributed by atoms with Gasteiger partial charge in [0.25, 0.3) is 0 Å². The number of aliphatic imine (C=N–C) groups is 1. The summed E-state index contributed by atoms with van der Waals surface area (Å²) < 4.78 is 0. The molecule has 0 radical (unpaired) electrons. The van der Waals surface area contributed by atoms with E-state index in [1.54, 1.807) is 12.1 Å². The largest absolute Gasteiger partial charge is 0.363 e. The van der Waals surface area contributed by atoms with E-state index in [-0.39, 0.29) is 6.04 Å². The van der Waals surface area contributed by atoms with Crippen molar-refractivity contribution in [2.24, 2.45) is 4.99 Å². The quantitative estimate of drug-likeness (QED) is 0.865. The monoisotopic (exact) mass is 332 g/mol. The highest BCUT2D eigenvalue weighted by Crippen LogP contribution is 2.45. The van der Waals surface area contributed by atoms with Gasteiger partial charge >= 0.3 is 0 Å². The molecule has 1 N–H and O–H groups in total. The molecule has 0 bridgehead atoms. The van der Waals surface area contributed by atoms with Crippen LogP contribution in [0.15, 0.2) is 47.5 Å². The van der Waals surface area contributed by atoms with Crippen LogP contribution in [0.25, 0.3) is 0 Å². The molecule has 0 saturated carbocycles. The Morgan fingerprint density at radius 3 is 2.55 bits per heavy atom. The molecular formula is C17H14Cl2N2O. The predicted octanol–water partition coefficient (Wildman–Crippen LogP) is 3.65. The third kappa shape index (κ3) is 1.83. The van der Waals surface area contributed by atoms with E-state index < -0.39 is 5.72 Å². The fraction of sp³-hybridized carbons (Fsp3) is 0.235. The van der Waals surface area contributed by atoms with Crippen molar-refractivity contribution in [3.8, 4) is 0 Å². The number of benzene rings is 2. The van der Waals surface area contributed by atoms with Gasteiger partial charge in [0.1, 0.15) is 5.84 Å². The van der Waals surface area contributed by atoms with Gasteiger partial charge in [-0.3, -0.25) is 4.99 Å². The second-order valence-electron chi connectivity index (χ2n) is 5.78. The van der Waals surface area contributed by atoms with Gasteiger partial charge in [-0.2, -0.15) is 0 Å². The zero-order valence-electron chi connectivity index (χ0n) is 11.9. The van der Waals surface area contributed by atoms with Gasteiger partial charge in [-0.15, -0.1) is 0 Å². The zero-order valence-corrected chi connectivity index (χ0v) is 13.4. The van der Waals surface area contributed by atoms with Crippen LogP contribution in [-0.2, 0) is 5.72 Å². The summed E-state index contributed by atoms with van der Waals surface area (Å²) in [5.74, 6) is 0.830. The van der Waals surface area contributed by atoms with Crippen molar-refractivity contribution in [2.45, 2.75) is 18.7 Å². The molecule has 0 spiro atoms. The molecule has 2 aliphatic rings. The lowest BCUT2D eigenvalue weighted by Gasteiger charge is -2.34. The second kappa shape index (κ2) is 4.72. The van der Waals surface area contributed by atoms with Crippen LogP contribution < -0.4 is 0 Å². The lowest BCUT2D eigenvalue weighted by atomic mass is 9.93. The lowest BCUT2D eigenvalue weighted by molar-refractivity contribution is -0.0265. The molecule has 2 unspecified atom stereocenters. The standard InChI is InChI=1S/C17H14Cl2N2O/c1-10-9-21-16(20-10)14-7-6-13(19)8-15(14)17(21,22)11-2-4-12(18)5-3-11/h2-8,10,22H,9H2,1H3. The summed E-state index contributed by atoms with van der Waals surface area (Å²) in [6.07, 6.45) is 0. The van der Waals surface area contributed by atoms with Crippen LogP contribution in [0.5, 0.6) is 0 Å². The Morgan fingerprint density at radius 2 is 1.82 bits per heavy atom. The maximum absolute atomic E-state index is 11.6. The molecule has 2 aromatic rings. The average molecular weight is 333 g/mol. The van der Waals surface area contributed by atoms with E-state index >= 15 is 0 Å². The van der Waals surface area contributed by atoms with Gasteiger partial charge in [0, 0.05) is 33.3 Å². The minimum Gasteiger partial charge on any atom is -0.363 e. The van der Waals surface area contributed by atoms with Crippen molar-refractivity contribution in [1.29, 1.82) is 0 Å². The van der Waals surface area contributed by atoms with E-state index in [4.69, 9.17) is 23.2 Å². The second-order valence-corrected chi connectivity index (χ2v) is 6.65. The topological polar surface area (TPSA) is 35.8 Å². The smallest absolute Gasteiger partial charge is 0.193 e. The van der Waals surface area contributed by atoms with Crippen molar-refractivity contribution in [3.63, 3.8) is 0 Å². The molecule has 4 rings (SSSR count). The number of fused-ring (bicyclic) bond motifs is 3. The average Bonchev–Trinajstić information content (AvgIpc) is 2.97. The van der Waals surface area contributed by atoms with E-state index in [2.05, 4.69) is 4.99 Å². The van der Waals surface area contributed by atoms with Crippen LogP contribution in [0, 0.1) is 0 Å². The number of rotatable bonds is 1. The first-order valence-corrected chi connectivity index (χ1v) is 7.90. The molecular weight excluding hydrogens is 319 g/mol. The highest BCUT2D eigenvalue weighted by molar-refractivity contribution is 6.31. The Hall–Kier alpha value is -1.55. The third-order valence-corrected chi connectivity index (χ3v) is 4.77. The lowest BCUT2D eigenvalue weighted by Crippen LogP contribution is -2.44. The maximum atomic E-state index is 11.6. The number of aliphatic hydroxyl groups is 1. The van der Waals surface area contributed by atoms with Gasteiger partial charge in [-0.1, -0.05) is 35.3 Å². The molecule has 2 heterocycles. The van der Waals surface area contributed by atoms with Gasteiger partial charge in [0.2, 0.25) is 0 Å². The Morgan fingerprint density at radius 1 is 1.14 bits per heavy atom. The number of hydrogen-bond acceptors (Lipinski definition) is 3. The molecule has 0 saturated heterocycles. The van der Waals surface area contributed by atoms with E-state index in [0.717, 1.165) is 22.5 Å². The van der Waals surface area contributed by atoms with Gasteiger partial charge in [-0.05, 0) is 37.3 Å². The molecule has 3 nitrogen and oxygen atoms in total. The highest BCUT2D eigenvalue weighted by atomic mass is 35.5. The first kappa shape index (κ1) is 14.1. The molecule has 5 heteroatoms. The molecule has 0 amide bonds. The molecule has 2 aromatic carbocycles. The van der Waals surface area contributed by atoms with Crippen molar-refractivity contribution in [3.05, 3.63) is 69.2 Å². The molecule has 2 aliphatic heterocycles. The molecule has 22 heavy (non-hydrogen) atoms. The van der Waals surface area contributed by atoms with Crippen LogP contribution in [0.4, 0.5) is 0 Å². The van der Waals surface area contributed by atoms with Crippen LogP contribution in [0.2, 0.25) is 10.0 Å². The van der Waals surface area contributed by atoms with Crippen LogP contribution in [-0.4, -0.2) is 28.4 Å². The fourth-order valence-electron chi connectivity index (χ4n) is 3.31. The summed E-state index contributed by atoms with van der Waals surface area (Å²) in [5, 5.41) is 12.8. The molecule has 0 aliphatic carbocycles. The Balaban J connectivity index is 1.98. The van der Waals surface area contributed by atoms with Crippen LogP contribution in [0.1, 0.15) is 23.6 Å². The molecule has 112 valence electrons. The van der Waals surface area contributed by atoms with E-state index in [9.17, 15) is 5.11 Å². The number of nitrogens with zero attached hydrogens (tertiary/aromatic N) is 2. The fourth-order valence-corrected chi connectivity index (χ4v) is 3.61. The van der Waals surface area contributed by atoms with E-state index in [1.165, 1.54) is 0 Å². The summed E-state index contributed by atoms with van der Waals surface area (Å²) in [6, 6.07) is 13.0. The first-order chi connectivity index (χ1) is 10.5. The molecule has 0 aromatic heterocycles. The number of hydrogen-bond donors (Lipinski definition) is 1. The zero-order chi connectivity index (χ0) is 15.5. The summed E-state index contributed by atoms with van der Waals surface area (Å²) in [4.78, 5) is 6.62. The Bertz CT molecular complexity index is 788. The normalized spacial score (nSPS) is 25.9. The van der Waals surface area contributed by atoms with E-state index in [1.807, 2.05) is 42.2 Å². The summed E-state index contributed by atoms with van der Waals surface area (Å²) >= 11 is 12.1. The Kier molecular flexibility index (Phi) is 3.02. The van der Waals surface area contributed by atoms with Crippen molar-refractivity contribution in [2.75, 3.05) is 6.54 Å². The number of halogens is 2. The van der Waals surface area contributed by atoms with Crippen molar-refractivity contribution in [1.82, 2.24) is 4.90 Å². The maximum Gasteiger partial charge on any atom is 0.193 e. The SMILES string of the molecule is CC1CN2C(=N1)c1ccc(Cl)cc1C2(O)c1ccc(Cl)cc1. The Labute approximate surface area is 138 Å².